The van der Waals surface area contributed by atoms with Crippen molar-refractivity contribution in [2.45, 2.75) is 26.5 Å². The molecular formula is C19H20N4O2. The topological polar surface area (TPSA) is 69.0 Å². The van der Waals surface area contributed by atoms with Crippen LogP contribution in [0.1, 0.15) is 18.3 Å². The van der Waals surface area contributed by atoms with Crippen molar-refractivity contribution in [3.05, 3.63) is 72.3 Å². The van der Waals surface area contributed by atoms with Crippen LogP contribution >= 0.6 is 0 Å². The molecule has 3 rings (SSSR count). The molecule has 0 aliphatic rings. The summed E-state index contributed by atoms with van der Waals surface area (Å²) >= 11 is 0. The second kappa shape index (κ2) is 7.61. The number of rotatable bonds is 6. The van der Waals surface area contributed by atoms with Gasteiger partial charge < -0.3 is 10.1 Å². The molecule has 0 bridgehead atoms. The van der Waals surface area contributed by atoms with Crippen molar-refractivity contribution in [1.29, 1.82) is 0 Å². The summed E-state index contributed by atoms with van der Waals surface area (Å²) < 4.78 is 7.53. The Hall–Kier alpha value is -3.15. The summed E-state index contributed by atoms with van der Waals surface area (Å²) in [7, 11) is 0. The maximum Gasteiger partial charge on any atom is 0.261 e. The van der Waals surface area contributed by atoms with Gasteiger partial charge in [-0.05, 0) is 43.7 Å². The Morgan fingerprint density at radius 3 is 2.76 bits per heavy atom. The van der Waals surface area contributed by atoms with Gasteiger partial charge in [-0.1, -0.05) is 30.3 Å². The van der Waals surface area contributed by atoms with Crippen LogP contribution in [0.2, 0.25) is 0 Å². The largest absolute Gasteiger partial charge is 0.481 e. The van der Waals surface area contributed by atoms with Crippen LogP contribution in [-0.4, -0.2) is 26.8 Å². The van der Waals surface area contributed by atoms with Crippen LogP contribution in [0.4, 0.5) is 0 Å². The standard InChI is InChI=1S/C19H20N4O2/c1-14-7-6-10-17(11-14)25-15(2)19(24)20-12-18-22-21-13-23(18)16-8-4-3-5-9-16/h3-11,13,15H,12H2,1-2H3,(H,20,24)/t15-/m1/s1. The van der Waals surface area contributed by atoms with E-state index in [0.717, 1.165) is 11.3 Å². The Kier molecular flexibility index (Phi) is 5.09. The summed E-state index contributed by atoms with van der Waals surface area (Å²) in [6.45, 7) is 3.98. The van der Waals surface area contributed by atoms with Crippen molar-refractivity contribution in [3.63, 3.8) is 0 Å². The van der Waals surface area contributed by atoms with E-state index in [0.29, 0.717) is 11.6 Å². The van der Waals surface area contributed by atoms with Crippen molar-refractivity contribution in [2.75, 3.05) is 0 Å². The van der Waals surface area contributed by atoms with E-state index in [4.69, 9.17) is 4.74 Å². The zero-order chi connectivity index (χ0) is 17.6. The number of aromatic nitrogens is 3. The highest BCUT2D eigenvalue weighted by Crippen LogP contribution is 2.14. The molecule has 25 heavy (non-hydrogen) atoms. The number of hydrogen-bond donors (Lipinski definition) is 1. The van der Waals surface area contributed by atoms with Gasteiger partial charge in [-0.25, -0.2) is 0 Å². The van der Waals surface area contributed by atoms with Crippen molar-refractivity contribution < 1.29 is 9.53 Å². The van der Waals surface area contributed by atoms with E-state index in [9.17, 15) is 4.79 Å². The van der Waals surface area contributed by atoms with Crippen LogP contribution in [0.15, 0.2) is 60.9 Å². The number of nitrogens with one attached hydrogen (secondary N) is 1. The molecule has 3 aromatic rings. The third-order valence-corrected chi connectivity index (χ3v) is 3.75. The van der Waals surface area contributed by atoms with Crippen LogP contribution in [0.5, 0.6) is 5.75 Å². The van der Waals surface area contributed by atoms with Crippen LogP contribution in [0.3, 0.4) is 0 Å². The van der Waals surface area contributed by atoms with Crippen molar-refractivity contribution in [2.24, 2.45) is 0 Å². The molecule has 1 atom stereocenters. The molecule has 1 heterocycles. The smallest absolute Gasteiger partial charge is 0.261 e. The minimum absolute atomic E-state index is 0.205. The van der Waals surface area contributed by atoms with Gasteiger partial charge in [0, 0.05) is 5.69 Å². The quantitative estimate of drug-likeness (QED) is 0.751. The van der Waals surface area contributed by atoms with Crippen molar-refractivity contribution in [3.8, 4) is 11.4 Å². The van der Waals surface area contributed by atoms with Gasteiger partial charge in [-0.2, -0.15) is 0 Å². The van der Waals surface area contributed by atoms with Gasteiger partial charge in [0.15, 0.2) is 11.9 Å². The molecule has 6 nitrogen and oxygen atoms in total. The van der Waals surface area contributed by atoms with Gasteiger partial charge >= 0.3 is 0 Å². The zero-order valence-electron chi connectivity index (χ0n) is 14.2. The lowest BCUT2D eigenvalue weighted by Crippen LogP contribution is -2.36. The number of nitrogens with zero attached hydrogens (tertiary/aromatic N) is 3. The van der Waals surface area contributed by atoms with Gasteiger partial charge in [0.25, 0.3) is 5.91 Å². The number of carbonyl (C=O) groups excluding carboxylic acids is 1. The van der Waals surface area contributed by atoms with Crippen molar-refractivity contribution >= 4 is 5.91 Å². The van der Waals surface area contributed by atoms with Gasteiger partial charge in [0.05, 0.1) is 6.54 Å². The molecule has 0 radical (unpaired) electrons. The highest BCUT2D eigenvalue weighted by molar-refractivity contribution is 5.80. The Morgan fingerprint density at radius 2 is 2.00 bits per heavy atom. The number of benzene rings is 2. The maximum atomic E-state index is 12.3. The van der Waals surface area contributed by atoms with E-state index in [1.165, 1.54) is 0 Å². The minimum atomic E-state index is -0.602. The summed E-state index contributed by atoms with van der Waals surface area (Å²) in [6.07, 6.45) is 1.03. The number of hydrogen-bond acceptors (Lipinski definition) is 4. The molecule has 0 fully saturated rings. The summed E-state index contributed by atoms with van der Waals surface area (Å²) in [4.78, 5) is 12.3. The third kappa shape index (κ3) is 4.23. The van der Waals surface area contributed by atoms with E-state index in [-0.39, 0.29) is 12.5 Å². The molecular weight excluding hydrogens is 316 g/mol. The first-order chi connectivity index (χ1) is 12.1. The molecule has 6 heteroatoms. The Balaban J connectivity index is 1.60. The lowest BCUT2D eigenvalue weighted by Gasteiger charge is -2.15. The average Bonchev–Trinajstić information content (AvgIpc) is 3.09. The second-order valence-electron chi connectivity index (χ2n) is 5.75. The SMILES string of the molecule is Cc1cccc(O[C@H](C)C(=O)NCc2nncn2-c2ccccc2)c1. The molecule has 0 unspecified atom stereocenters. The van der Waals surface area contributed by atoms with Crippen molar-refractivity contribution in [1.82, 2.24) is 20.1 Å². The average molecular weight is 336 g/mol. The Bertz CT molecular complexity index is 845. The molecule has 0 saturated carbocycles. The first-order valence-electron chi connectivity index (χ1n) is 8.09. The van der Waals surface area contributed by atoms with E-state index in [1.54, 1.807) is 13.3 Å². The first kappa shape index (κ1) is 16.7. The fourth-order valence-electron chi connectivity index (χ4n) is 2.44. The molecule has 0 aliphatic carbocycles. The summed E-state index contributed by atoms with van der Waals surface area (Å²) in [6, 6.07) is 17.4. The predicted octanol–water partition coefficient (Wildman–Crippen LogP) is 2.66. The highest BCUT2D eigenvalue weighted by atomic mass is 16.5. The van der Waals surface area contributed by atoms with Gasteiger partial charge in [-0.15, -0.1) is 10.2 Å². The normalized spacial score (nSPS) is 11.8. The highest BCUT2D eigenvalue weighted by Gasteiger charge is 2.16. The summed E-state index contributed by atoms with van der Waals surface area (Å²) in [5.41, 5.74) is 2.03. The van der Waals surface area contributed by atoms with E-state index >= 15 is 0 Å². The number of carbonyl (C=O) groups is 1. The lowest BCUT2D eigenvalue weighted by atomic mass is 10.2. The summed E-state index contributed by atoms with van der Waals surface area (Å²) in [5, 5.41) is 10.8. The molecule has 0 saturated heterocycles. The van der Waals surface area contributed by atoms with E-state index in [1.807, 2.05) is 66.1 Å². The molecule has 0 aliphatic heterocycles. The second-order valence-corrected chi connectivity index (χ2v) is 5.75. The van der Waals surface area contributed by atoms with Crippen LogP contribution in [0.25, 0.3) is 5.69 Å². The van der Waals surface area contributed by atoms with Gasteiger partial charge in [0.1, 0.15) is 12.1 Å². The van der Waals surface area contributed by atoms with Crippen LogP contribution in [-0.2, 0) is 11.3 Å². The molecule has 1 amide bonds. The maximum absolute atomic E-state index is 12.3. The fourth-order valence-corrected chi connectivity index (χ4v) is 2.44. The van der Waals surface area contributed by atoms with Gasteiger partial charge in [0.2, 0.25) is 0 Å². The first-order valence-corrected chi connectivity index (χ1v) is 8.09. The lowest BCUT2D eigenvalue weighted by molar-refractivity contribution is -0.127. The van der Waals surface area contributed by atoms with E-state index in [2.05, 4.69) is 15.5 Å². The number of ether oxygens (including phenoxy) is 1. The molecule has 0 spiro atoms. The predicted molar refractivity (Wildman–Crippen MR) is 94.5 cm³/mol. The fraction of sp³-hybridized carbons (Fsp3) is 0.211. The molecule has 1 N–H and O–H groups in total. The monoisotopic (exact) mass is 336 g/mol. The molecule has 2 aromatic carbocycles. The molecule has 1 aromatic heterocycles. The van der Waals surface area contributed by atoms with Gasteiger partial charge in [-0.3, -0.25) is 9.36 Å². The third-order valence-electron chi connectivity index (χ3n) is 3.75. The number of amides is 1. The summed E-state index contributed by atoms with van der Waals surface area (Å²) in [5.74, 6) is 1.13. The van der Waals surface area contributed by atoms with E-state index < -0.39 is 6.10 Å². The number of para-hydroxylation sites is 1. The molecule has 128 valence electrons. The van der Waals surface area contributed by atoms with Crippen LogP contribution in [0, 0.1) is 6.92 Å². The Labute approximate surface area is 146 Å². The Morgan fingerprint density at radius 1 is 1.20 bits per heavy atom. The zero-order valence-corrected chi connectivity index (χ0v) is 14.2. The minimum Gasteiger partial charge on any atom is -0.481 e. The van der Waals surface area contributed by atoms with Crippen LogP contribution < -0.4 is 10.1 Å². The number of aryl methyl sites for hydroxylation is 1.